The highest BCUT2D eigenvalue weighted by Gasteiger charge is 2.31. The maximum Gasteiger partial charge on any atom is 0.0509 e. The second kappa shape index (κ2) is 5.87. The molecule has 1 aromatic rings. The van der Waals surface area contributed by atoms with Crippen LogP contribution in [0.4, 0.5) is 0 Å². The lowest BCUT2D eigenvalue weighted by molar-refractivity contribution is 0.110. The minimum atomic E-state index is -0.275. The van der Waals surface area contributed by atoms with Crippen molar-refractivity contribution in [1.82, 2.24) is 4.90 Å². The van der Waals surface area contributed by atoms with Crippen molar-refractivity contribution >= 4 is 0 Å². The predicted molar refractivity (Wildman–Crippen MR) is 86.6 cm³/mol. The average Bonchev–Trinajstić information content (AvgIpc) is 2.39. The number of likely N-dealkylation sites (N-methyl/N-ethyl adjacent to an activating group) is 1. The molecule has 0 bridgehead atoms. The van der Waals surface area contributed by atoms with Crippen molar-refractivity contribution in [2.24, 2.45) is 11.1 Å². The van der Waals surface area contributed by atoms with E-state index in [9.17, 15) is 0 Å². The molecule has 0 amide bonds. The van der Waals surface area contributed by atoms with Crippen molar-refractivity contribution in [2.75, 3.05) is 13.6 Å². The molecule has 0 aromatic heterocycles. The third-order valence-electron chi connectivity index (χ3n) is 4.94. The van der Waals surface area contributed by atoms with Gasteiger partial charge in [0.2, 0.25) is 0 Å². The van der Waals surface area contributed by atoms with Crippen LogP contribution in [0, 0.1) is 5.41 Å². The number of rotatable bonds is 4. The van der Waals surface area contributed by atoms with Crippen molar-refractivity contribution in [2.45, 2.75) is 58.0 Å². The Morgan fingerprint density at radius 1 is 1.20 bits per heavy atom. The van der Waals surface area contributed by atoms with E-state index in [0.29, 0.717) is 11.5 Å². The Kier molecular flexibility index (Phi) is 4.55. The molecule has 2 nitrogen and oxygen atoms in total. The number of hydrogen-bond donors (Lipinski definition) is 1. The Morgan fingerprint density at radius 2 is 1.75 bits per heavy atom. The smallest absolute Gasteiger partial charge is 0.0509 e. The van der Waals surface area contributed by atoms with Gasteiger partial charge < -0.3 is 10.6 Å². The Bertz CT molecular complexity index is 412. The third-order valence-corrected chi connectivity index (χ3v) is 4.94. The maximum absolute atomic E-state index is 6.56. The number of nitrogens with two attached hydrogens (primary N) is 1. The summed E-state index contributed by atoms with van der Waals surface area (Å²) in [5.41, 5.74) is 8.04. The molecule has 1 aromatic carbocycles. The van der Waals surface area contributed by atoms with Crippen LogP contribution in [0.25, 0.3) is 0 Å². The molecule has 1 atom stereocenters. The molecule has 0 heterocycles. The Labute approximate surface area is 124 Å². The van der Waals surface area contributed by atoms with E-state index in [-0.39, 0.29) is 5.54 Å². The highest BCUT2D eigenvalue weighted by molar-refractivity contribution is 5.23. The summed E-state index contributed by atoms with van der Waals surface area (Å²) in [5, 5.41) is 0. The first-order chi connectivity index (χ1) is 9.30. The minimum absolute atomic E-state index is 0.275. The SMILES string of the molecule is CN(CC(C)(N)c1ccccc1)C1CCC(C)(C)CC1. The molecule has 1 unspecified atom stereocenters. The van der Waals surface area contributed by atoms with Gasteiger partial charge in [0.15, 0.2) is 0 Å². The van der Waals surface area contributed by atoms with Crippen molar-refractivity contribution in [3.05, 3.63) is 35.9 Å². The first kappa shape index (κ1) is 15.5. The van der Waals surface area contributed by atoms with Gasteiger partial charge in [-0.3, -0.25) is 0 Å². The molecule has 1 saturated carbocycles. The maximum atomic E-state index is 6.56. The van der Waals surface area contributed by atoms with Crippen LogP contribution < -0.4 is 5.73 Å². The van der Waals surface area contributed by atoms with Gasteiger partial charge in [-0.2, -0.15) is 0 Å². The van der Waals surface area contributed by atoms with Gasteiger partial charge in [0, 0.05) is 12.6 Å². The van der Waals surface area contributed by atoms with E-state index in [1.54, 1.807) is 0 Å². The van der Waals surface area contributed by atoms with Gasteiger partial charge in [0.05, 0.1) is 5.54 Å². The highest BCUT2D eigenvalue weighted by atomic mass is 15.1. The first-order valence-corrected chi connectivity index (χ1v) is 7.85. The van der Waals surface area contributed by atoms with E-state index in [4.69, 9.17) is 5.73 Å². The topological polar surface area (TPSA) is 29.3 Å². The third kappa shape index (κ3) is 3.83. The molecule has 20 heavy (non-hydrogen) atoms. The summed E-state index contributed by atoms with van der Waals surface area (Å²) >= 11 is 0. The average molecular weight is 274 g/mol. The largest absolute Gasteiger partial charge is 0.321 e. The van der Waals surface area contributed by atoms with E-state index in [2.05, 4.69) is 57.0 Å². The van der Waals surface area contributed by atoms with Crippen LogP contribution in [0.2, 0.25) is 0 Å². The molecule has 112 valence electrons. The summed E-state index contributed by atoms with van der Waals surface area (Å²) < 4.78 is 0. The minimum Gasteiger partial charge on any atom is -0.321 e. The van der Waals surface area contributed by atoms with Crippen LogP contribution >= 0.6 is 0 Å². The second-order valence-corrected chi connectivity index (χ2v) is 7.59. The number of nitrogens with zero attached hydrogens (tertiary/aromatic N) is 1. The van der Waals surface area contributed by atoms with E-state index in [1.807, 2.05) is 6.07 Å². The summed E-state index contributed by atoms with van der Waals surface area (Å²) in [4.78, 5) is 2.47. The van der Waals surface area contributed by atoms with Gasteiger partial charge in [-0.15, -0.1) is 0 Å². The van der Waals surface area contributed by atoms with Crippen molar-refractivity contribution in [1.29, 1.82) is 0 Å². The second-order valence-electron chi connectivity index (χ2n) is 7.59. The first-order valence-electron chi connectivity index (χ1n) is 7.85. The molecule has 1 fully saturated rings. The van der Waals surface area contributed by atoms with Gasteiger partial charge in [-0.25, -0.2) is 0 Å². The summed E-state index contributed by atoms with van der Waals surface area (Å²) in [6.07, 6.45) is 5.26. The summed E-state index contributed by atoms with van der Waals surface area (Å²) in [5.74, 6) is 0. The lowest BCUT2D eigenvalue weighted by Crippen LogP contribution is -2.48. The molecule has 0 saturated heterocycles. The van der Waals surface area contributed by atoms with Crippen molar-refractivity contribution < 1.29 is 0 Å². The molecule has 2 N–H and O–H groups in total. The van der Waals surface area contributed by atoms with Gasteiger partial charge in [0.1, 0.15) is 0 Å². The summed E-state index contributed by atoms with van der Waals surface area (Å²) in [7, 11) is 2.23. The molecule has 1 aliphatic rings. The van der Waals surface area contributed by atoms with Crippen LogP contribution in [0.3, 0.4) is 0 Å². The van der Waals surface area contributed by atoms with Gasteiger partial charge in [-0.1, -0.05) is 44.2 Å². The molecule has 0 aliphatic heterocycles. The van der Waals surface area contributed by atoms with Gasteiger partial charge >= 0.3 is 0 Å². The highest BCUT2D eigenvalue weighted by Crippen LogP contribution is 2.37. The van der Waals surface area contributed by atoms with E-state index < -0.39 is 0 Å². The van der Waals surface area contributed by atoms with Gasteiger partial charge in [0.25, 0.3) is 0 Å². The number of hydrogen-bond acceptors (Lipinski definition) is 2. The lowest BCUT2D eigenvalue weighted by atomic mass is 9.75. The van der Waals surface area contributed by atoms with Crippen molar-refractivity contribution in [3.63, 3.8) is 0 Å². The van der Waals surface area contributed by atoms with Crippen LogP contribution in [-0.4, -0.2) is 24.5 Å². The van der Waals surface area contributed by atoms with Crippen LogP contribution in [0.15, 0.2) is 30.3 Å². The molecular formula is C18H30N2. The molecule has 1 aliphatic carbocycles. The Balaban J connectivity index is 1.96. The monoisotopic (exact) mass is 274 g/mol. The standard InChI is InChI=1S/C18H30N2/c1-17(2)12-10-16(11-13-17)20(4)14-18(3,19)15-8-6-5-7-9-15/h5-9,16H,10-14,19H2,1-4H3. The summed E-state index contributed by atoms with van der Waals surface area (Å²) in [6.45, 7) is 7.84. The molecule has 2 heteroatoms. The molecular weight excluding hydrogens is 244 g/mol. The van der Waals surface area contributed by atoms with Crippen molar-refractivity contribution in [3.8, 4) is 0 Å². The van der Waals surface area contributed by atoms with Crippen LogP contribution in [-0.2, 0) is 5.54 Å². The van der Waals surface area contributed by atoms with Gasteiger partial charge in [-0.05, 0) is 50.6 Å². The molecule has 0 radical (unpaired) electrons. The number of benzene rings is 1. The summed E-state index contributed by atoms with van der Waals surface area (Å²) in [6, 6.07) is 11.2. The molecule has 0 spiro atoms. The van der Waals surface area contributed by atoms with E-state index >= 15 is 0 Å². The molecule has 2 rings (SSSR count). The zero-order chi connectivity index (χ0) is 14.8. The lowest BCUT2D eigenvalue weighted by Gasteiger charge is -2.41. The zero-order valence-electron chi connectivity index (χ0n) is 13.5. The predicted octanol–water partition coefficient (Wildman–Crippen LogP) is 3.76. The Morgan fingerprint density at radius 3 is 2.30 bits per heavy atom. The fraction of sp³-hybridized carbons (Fsp3) is 0.667. The normalized spacial score (nSPS) is 22.7. The van der Waals surface area contributed by atoms with Crippen LogP contribution in [0.5, 0.6) is 0 Å². The fourth-order valence-corrected chi connectivity index (χ4v) is 3.38. The van der Waals surface area contributed by atoms with E-state index in [0.717, 1.165) is 6.54 Å². The quantitative estimate of drug-likeness (QED) is 0.906. The fourth-order valence-electron chi connectivity index (χ4n) is 3.38. The van der Waals surface area contributed by atoms with Crippen LogP contribution in [0.1, 0.15) is 52.0 Å². The Hall–Kier alpha value is -0.860. The zero-order valence-corrected chi connectivity index (χ0v) is 13.5. The van der Waals surface area contributed by atoms with E-state index in [1.165, 1.54) is 31.2 Å².